The van der Waals surface area contributed by atoms with Crippen LogP contribution in [-0.4, -0.2) is 56.0 Å². The first kappa shape index (κ1) is 18.0. The lowest BCUT2D eigenvalue weighted by atomic mass is 10.2. The van der Waals surface area contributed by atoms with E-state index in [2.05, 4.69) is 4.99 Å². The van der Waals surface area contributed by atoms with Crippen molar-refractivity contribution >= 4 is 61.6 Å². The fourth-order valence-electron chi connectivity index (χ4n) is 2.81. The highest BCUT2D eigenvalue weighted by atomic mass is 35.5. The van der Waals surface area contributed by atoms with Gasteiger partial charge in [0, 0.05) is 28.1 Å². The molecule has 1 amide bonds. The molecule has 2 fully saturated rings. The summed E-state index contributed by atoms with van der Waals surface area (Å²) in [5.41, 5.74) is 0.619. The molecule has 2 aliphatic rings. The van der Waals surface area contributed by atoms with Crippen molar-refractivity contribution in [2.75, 3.05) is 30.1 Å². The number of thioether (sulfide) groups is 1. The molecule has 0 aliphatic carbocycles. The number of amidine groups is 1. The molecule has 3 rings (SSSR count). The second-order valence-electron chi connectivity index (χ2n) is 5.52. The highest BCUT2D eigenvalue weighted by Crippen LogP contribution is 2.42. The van der Waals surface area contributed by atoms with Gasteiger partial charge in [-0.15, -0.1) is 0 Å². The summed E-state index contributed by atoms with van der Waals surface area (Å²) in [6.45, 7) is -0.137. The summed E-state index contributed by atoms with van der Waals surface area (Å²) in [7, 11) is -1.71. The van der Waals surface area contributed by atoms with Crippen LogP contribution in [0.5, 0.6) is 0 Å². The van der Waals surface area contributed by atoms with E-state index in [1.807, 2.05) is 0 Å². The van der Waals surface area contributed by atoms with E-state index in [0.29, 0.717) is 20.9 Å². The lowest BCUT2D eigenvalue weighted by Gasteiger charge is -2.24. The molecule has 0 bridgehead atoms. The summed E-state index contributed by atoms with van der Waals surface area (Å²) in [6.07, 6.45) is 0. The van der Waals surface area contributed by atoms with Crippen molar-refractivity contribution in [2.24, 2.45) is 4.99 Å². The Kier molecular flexibility index (Phi) is 5.13. The molecule has 2 saturated heterocycles. The molecule has 1 aromatic carbocycles. The normalized spacial score (nSPS) is 26.8. The molecule has 2 aliphatic heterocycles. The first-order valence-corrected chi connectivity index (χ1v) is 10.5. The van der Waals surface area contributed by atoms with Gasteiger partial charge in [0.25, 0.3) is 5.91 Å². The Balaban J connectivity index is 2.02. The minimum Gasteiger partial charge on any atom is -0.375 e. The number of fused-ring (bicyclic) bond motifs is 1. The molecular formula is C14H14Cl2N2O4S2. The molecule has 10 heteroatoms. The number of carbonyl (C=O) groups excluding carboxylic acids is 1. The number of carbonyl (C=O) groups is 1. The second-order valence-corrected chi connectivity index (χ2v) is 9.75. The van der Waals surface area contributed by atoms with Gasteiger partial charge in [-0.2, -0.15) is 4.99 Å². The average molecular weight is 409 g/mol. The third-order valence-electron chi connectivity index (χ3n) is 3.68. The number of aliphatic imine (C=N–C) groups is 1. The molecule has 1 aromatic rings. The molecule has 6 nitrogen and oxygen atoms in total. The van der Waals surface area contributed by atoms with Gasteiger partial charge in [0.1, 0.15) is 6.61 Å². The Morgan fingerprint density at radius 3 is 2.62 bits per heavy atom. The van der Waals surface area contributed by atoms with Crippen LogP contribution in [0.25, 0.3) is 0 Å². The van der Waals surface area contributed by atoms with Gasteiger partial charge in [-0.05, 0) is 18.2 Å². The Morgan fingerprint density at radius 1 is 1.33 bits per heavy atom. The monoisotopic (exact) mass is 408 g/mol. The van der Waals surface area contributed by atoms with Gasteiger partial charge in [0.05, 0.1) is 17.5 Å². The predicted molar refractivity (Wildman–Crippen MR) is 97.1 cm³/mol. The van der Waals surface area contributed by atoms with Crippen LogP contribution >= 0.6 is 35.0 Å². The maximum absolute atomic E-state index is 12.0. The van der Waals surface area contributed by atoms with E-state index in [1.165, 1.54) is 18.9 Å². The van der Waals surface area contributed by atoms with Crippen LogP contribution in [0.15, 0.2) is 23.2 Å². The highest BCUT2D eigenvalue weighted by molar-refractivity contribution is 8.16. The largest absolute Gasteiger partial charge is 0.375 e. The number of sulfone groups is 1. The van der Waals surface area contributed by atoms with Crippen molar-refractivity contribution in [1.82, 2.24) is 0 Å². The quantitative estimate of drug-likeness (QED) is 0.762. The third-order valence-corrected chi connectivity index (χ3v) is 7.33. The lowest BCUT2D eigenvalue weighted by molar-refractivity contribution is -0.121. The smallest absolute Gasteiger partial charge is 0.274 e. The fourth-order valence-corrected chi connectivity index (χ4v) is 7.25. The summed E-state index contributed by atoms with van der Waals surface area (Å²) in [5.74, 6) is -0.363. The van der Waals surface area contributed by atoms with E-state index in [0.717, 1.165) is 0 Å². The molecule has 24 heavy (non-hydrogen) atoms. The molecule has 0 saturated carbocycles. The van der Waals surface area contributed by atoms with E-state index in [4.69, 9.17) is 27.9 Å². The van der Waals surface area contributed by atoms with Gasteiger partial charge in [-0.3, -0.25) is 4.79 Å². The van der Waals surface area contributed by atoms with Gasteiger partial charge in [0.2, 0.25) is 0 Å². The Hall–Kier alpha value is -0.800. The zero-order valence-corrected chi connectivity index (χ0v) is 15.8. The van der Waals surface area contributed by atoms with E-state index in [-0.39, 0.29) is 29.4 Å². The number of benzene rings is 1. The van der Waals surface area contributed by atoms with Crippen molar-refractivity contribution in [2.45, 2.75) is 11.3 Å². The molecule has 130 valence electrons. The number of anilines is 1. The highest BCUT2D eigenvalue weighted by Gasteiger charge is 2.49. The topological polar surface area (TPSA) is 76.0 Å². The van der Waals surface area contributed by atoms with Crippen LogP contribution in [-0.2, 0) is 19.4 Å². The molecule has 2 heterocycles. The lowest BCUT2D eigenvalue weighted by Crippen LogP contribution is -2.37. The van der Waals surface area contributed by atoms with E-state index >= 15 is 0 Å². The zero-order chi connectivity index (χ0) is 17.5. The minimum absolute atomic E-state index is 0.00624. The van der Waals surface area contributed by atoms with E-state index in [9.17, 15) is 13.2 Å². The van der Waals surface area contributed by atoms with Gasteiger partial charge < -0.3 is 9.64 Å². The van der Waals surface area contributed by atoms with Crippen LogP contribution in [0.2, 0.25) is 10.0 Å². The Morgan fingerprint density at radius 2 is 2.00 bits per heavy atom. The molecule has 0 spiro atoms. The number of nitrogens with zero attached hydrogens (tertiary/aromatic N) is 2. The molecular weight excluding hydrogens is 395 g/mol. The number of amides is 1. The molecule has 0 N–H and O–H groups in total. The van der Waals surface area contributed by atoms with Gasteiger partial charge in [-0.25, -0.2) is 8.42 Å². The van der Waals surface area contributed by atoms with Crippen LogP contribution < -0.4 is 4.90 Å². The number of halogens is 2. The van der Waals surface area contributed by atoms with Gasteiger partial charge in [-0.1, -0.05) is 35.0 Å². The number of rotatable bonds is 3. The number of methoxy groups -OCH3 is 1. The zero-order valence-electron chi connectivity index (χ0n) is 12.6. The van der Waals surface area contributed by atoms with E-state index in [1.54, 1.807) is 23.1 Å². The molecule has 0 unspecified atom stereocenters. The number of hydrogen-bond donors (Lipinski definition) is 0. The van der Waals surface area contributed by atoms with E-state index < -0.39 is 15.7 Å². The van der Waals surface area contributed by atoms with Crippen LogP contribution in [0.4, 0.5) is 5.69 Å². The van der Waals surface area contributed by atoms with Crippen molar-refractivity contribution in [3.8, 4) is 0 Å². The van der Waals surface area contributed by atoms with Crippen LogP contribution in [0, 0.1) is 0 Å². The SMILES string of the molecule is COCC(=O)N=C1S[C@@H]2CS(=O)(=O)C[C@H]2N1c1cc(Cl)cc(Cl)c1. The summed E-state index contributed by atoms with van der Waals surface area (Å²) in [5, 5.41) is 1.12. The summed E-state index contributed by atoms with van der Waals surface area (Å²) >= 11 is 13.4. The fraction of sp³-hybridized carbons (Fsp3) is 0.429. The maximum atomic E-state index is 12.0. The molecule has 0 radical (unpaired) electrons. The number of ether oxygens (including phenoxy) is 1. The van der Waals surface area contributed by atoms with Gasteiger partial charge >= 0.3 is 0 Å². The number of hydrogen-bond acceptors (Lipinski definition) is 5. The molecule has 0 aromatic heterocycles. The van der Waals surface area contributed by atoms with Crippen molar-refractivity contribution in [3.63, 3.8) is 0 Å². The van der Waals surface area contributed by atoms with Crippen molar-refractivity contribution < 1.29 is 17.9 Å². The minimum atomic E-state index is -3.12. The summed E-state index contributed by atoms with van der Waals surface area (Å²) in [4.78, 5) is 17.6. The first-order chi connectivity index (χ1) is 11.3. The summed E-state index contributed by atoms with van der Waals surface area (Å²) < 4.78 is 28.7. The van der Waals surface area contributed by atoms with Crippen LogP contribution in [0.3, 0.4) is 0 Å². The Labute approximate surface area is 154 Å². The Bertz CT molecular complexity index is 793. The van der Waals surface area contributed by atoms with Crippen molar-refractivity contribution in [3.05, 3.63) is 28.2 Å². The van der Waals surface area contributed by atoms with Crippen molar-refractivity contribution in [1.29, 1.82) is 0 Å². The maximum Gasteiger partial charge on any atom is 0.274 e. The van der Waals surface area contributed by atoms with Crippen LogP contribution in [0.1, 0.15) is 0 Å². The van der Waals surface area contributed by atoms with Gasteiger partial charge in [0.15, 0.2) is 15.0 Å². The third kappa shape index (κ3) is 3.72. The first-order valence-electron chi connectivity index (χ1n) is 7.02. The molecule has 2 atom stereocenters. The second kappa shape index (κ2) is 6.84. The summed E-state index contributed by atoms with van der Waals surface area (Å²) in [6, 6.07) is 4.64. The standard InChI is InChI=1S/C14H14Cl2N2O4S2/c1-22-5-13(19)17-14-18(10-3-8(15)2-9(16)4-10)11-6-24(20,21)7-12(11)23-14/h2-4,11-12H,5-7H2,1H3/t11-,12-/m1/s1. The average Bonchev–Trinajstić information content (AvgIpc) is 2.88. The predicted octanol–water partition coefficient (Wildman–Crippen LogP) is 2.24.